The first-order valence-corrected chi connectivity index (χ1v) is 8.63. The van der Waals surface area contributed by atoms with Gasteiger partial charge in [-0.2, -0.15) is 0 Å². The van der Waals surface area contributed by atoms with Gasteiger partial charge in [0.2, 0.25) is 5.91 Å². The summed E-state index contributed by atoms with van der Waals surface area (Å²) in [5, 5.41) is 3.19. The van der Waals surface area contributed by atoms with Gasteiger partial charge in [-0.3, -0.25) is 4.79 Å². The highest BCUT2D eigenvalue weighted by atomic mass is 19.1. The Morgan fingerprint density at radius 3 is 2.83 bits per heavy atom. The van der Waals surface area contributed by atoms with E-state index in [0.717, 1.165) is 25.0 Å². The number of morpholine rings is 1. The van der Waals surface area contributed by atoms with Crippen LogP contribution in [0.3, 0.4) is 0 Å². The van der Waals surface area contributed by atoms with Crippen LogP contribution >= 0.6 is 0 Å². The van der Waals surface area contributed by atoms with Crippen LogP contribution in [0.4, 0.5) is 4.39 Å². The van der Waals surface area contributed by atoms with Crippen LogP contribution in [0.2, 0.25) is 0 Å². The molecule has 0 radical (unpaired) electrons. The van der Waals surface area contributed by atoms with Crippen molar-refractivity contribution >= 4 is 5.91 Å². The molecule has 0 aliphatic carbocycles. The van der Waals surface area contributed by atoms with Gasteiger partial charge in [0.25, 0.3) is 0 Å². The van der Waals surface area contributed by atoms with Crippen molar-refractivity contribution in [3.63, 3.8) is 0 Å². The van der Waals surface area contributed by atoms with Gasteiger partial charge in [-0.05, 0) is 37.5 Å². The van der Waals surface area contributed by atoms with Crippen LogP contribution in [0.15, 0.2) is 24.3 Å². The minimum absolute atomic E-state index is 0.0454. The lowest BCUT2D eigenvalue weighted by molar-refractivity contribution is -0.144. The van der Waals surface area contributed by atoms with Gasteiger partial charge in [0.15, 0.2) is 0 Å². The van der Waals surface area contributed by atoms with E-state index in [1.807, 2.05) is 11.8 Å². The van der Waals surface area contributed by atoms with Crippen molar-refractivity contribution in [1.29, 1.82) is 0 Å². The highest BCUT2D eigenvalue weighted by Crippen LogP contribution is 2.25. The van der Waals surface area contributed by atoms with E-state index in [1.54, 1.807) is 12.1 Å². The highest BCUT2D eigenvalue weighted by molar-refractivity contribution is 5.78. The number of nitrogens with zero attached hydrogens (tertiary/aromatic N) is 1. The van der Waals surface area contributed by atoms with Crippen molar-refractivity contribution in [2.75, 3.05) is 32.8 Å². The average Bonchev–Trinajstić information content (AvgIpc) is 3.08. The third kappa shape index (κ3) is 4.53. The summed E-state index contributed by atoms with van der Waals surface area (Å²) in [7, 11) is 0. The fourth-order valence-corrected chi connectivity index (χ4v) is 3.27. The van der Waals surface area contributed by atoms with Crippen LogP contribution in [0, 0.1) is 5.82 Å². The largest absolute Gasteiger partial charge is 0.377 e. The molecule has 0 spiro atoms. The molecule has 1 aromatic rings. The maximum absolute atomic E-state index is 13.1. The zero-order chi connectivity index (χ0) is 16.9. The summed E-state index contributed by atoms with van der Waals surface area (Å²) in [5.74, 6) is -0.205. The predicted molar refractivity (Wildman–Crippen MR) is 88.1 cm³/mol. The molecule has 0 bridgehead atoms. The topological polar surface area (TPSA) is 50.8 Å². The molecule has 0 saturated carbocycles. The fraction of sp³-hybridized carbons (Fsp3) is 0.611. The summed E-state index contributed by atoms with van der Waals surface area (Å²) >= 11 is 0. The van der Waals surface area contributed by atoms with Gasteiger partial charge in [0.05, 0.1) is 25.3 Å². The first-order valence-electron chi connectivity index (χ1n) is 8.63. The quantitative estimate of drug-likeness (QED) is 0.892. The molecule has 3 rings (SSSR count). The molecule has 132 valence electrons. The van der Waals surface area contributed by atoms with Crippen molar-refractivity contribution in [3.05, 3.63) is 35.6 Å². The van der Waals surface area contributed by atoms with Gasteiger partial charge in [0.1, 0.15) is 11.9 Å². The average molecular weight is 336 g/mol. The zero-order valence-electron chi connectivity index (χ0n) is 14.0. The minimum atomic E-state index is -0.270. The van der Waals surface area contributed by atoms with E-state index in [2.05, 4.69) is 5.32 Å². The number of benzene rings is 1. The van der Waals surface area contributed by atoms with Crippen molar-refractivity contribution in [1.82, 2.24) is 10.2 Å². The van der Waals surface area contributed by atoms with Crippen molar-refractivity contribution in [2.45, 2.75) is 38.1 Å². The van der Waals surface area contributed by atoms with Gasteiger partial charge in [-0.1, -0.05) is 12.1 Å². The molecule has 2 fully saturated rings. The maximum Gasteiger partial charge on any atom is 0.236 e. The number of rotatable bonds is 5. The summed E-state index contributed by atoms with van der Waals surface area (Å²) in [4.78, 5) is 14.3. The van der Waals surface area contributed by atoms with Gasteiger partial charge < -0.3 is 19.7 Å². The second-order valence-electron chi connectivity index (χ2n) is 6.55. The number of halogens is 1. The first-order chi connectivity index (χ1) is 11.6. The Hall–Kier alpha value is -1.50. The Morgan fingerprint density at radius 1 is 1.33 bits per heavy atom. The van der Waals surface area contributed by atoms with E-state index in [1.165, 1.54) is 12.1 Å². The molecule has 2 aliphatic heterocycles. The molecule has 3 atom stereocenters. The Kier molecular flexibility index (Phi) is 5.81. The van der Waals surface area contributed by atoms with Crippen molar-refractivity contribution < 1.29 is 18.7 Å². The van der Waals surface area contributed by atoms with E-state index in [4.69, 9.17) is 9.47 Å². The Balaban J connectivity index is 1.52. The molecule has 2 saturated heterocycles. The Bertz CT molecular complexity index is 546. The van der Waals surface area contributed by atoms with Gasteiger partial charge in [-0.25, -0.2) is 4.39 Å². The normalized spacial score (nSPS) is 27.4. The summed E-state index contributed by atoms with van der Waals surface area (Å²) in [6.45, 7) is 4.88. The first kappa shape index (κ1) is 17.3. The van der Waals surface area contributed by atoms with Crippen LogP contribution in [0.1, 0.15) is 31.4 Å². The number of carbonyl (C=O) groups is 1. The lowest BCUT2D eigenvalue weighted by atomic mass is 10.1. The lowest BCUT2D eigenvalue weighted by Gasteiger charge is -2.37. The molecule has 6 heteroatoms. The fourth-order valence-electron chi connectivity index (χ4n) is 3.27. The van der Waals surface area contributed by atoms with Gasteiger partial charge in [-0.15, -0.1) is 0 Å². The van der Waals surface area contributed by atoms with E-state index in [0.29, 0.717) is 26.2 Å². The summed E-state index contributed by atoms with van der Waals surface area (Å²) in [6, 6.07) is 6.29. The number of hydrogen-bond acceptors (Lipinski definition) is 4. The summed E-state index contributed by atoms with van der Waals surface area (Å²) < 4.78 is 24.5. The molecule has 3 unspecified atom stereocenters. The van der Waals surface area contributed by atoms with E-state index in [-0.39, 0.29) is 30.0 Å². The van der Waals surface area contributed by atoms with Gasteiger partial charge in [0, 0.05) is 19.7 Å². The molecule has 5 nitrogen and oxygen atoms in total. The number of amides is 1. The monoisotopic (exact) mass is 336 g/mol. The van der Waals surface area contributed by atoms with Crippen LogP contribution in [0.25, 0.3) is 0 Å². The number of hydrogen-bond donors (Lipinski definition) is 1. The number of ether oxygens (including phenoxy) is 2. The molecule has 2 heterocycles. The van der Waals surface area contributed by atoms with Crippen LogP contribution < -0.4 is 5.32 Å². The molecule has 2 aliphatic rings. The highest BCUT2D eigenvalue weighted by Gasteiger charge is 2.29. The third-order valence-electron chi connectivity index (χ3n) is 4.53. The van der Waals surface area contributed by atoms with Crippen LogP contribution in [0.5, 0.6) is 0 Å². The lowest BCUT2D eigenvalue weighted by Crippen LogP contribution is -2.49. The maximum atomic E-state index is 13.1. The van der Waals surface area contributed by atoms with Crippen molar-refractivity contribution in [3.8, 4) is 0 Å². The van der Waals surface area contributed by atoms with Crippen molar-refractivity contribution in [2.24, 2.45) is 0 Å². The second-order valence-corrected chi connectivity index (χ2v) is 6.55. The SMILES string of the molecule is CC1CN(C(=O)CNCC2CCCO2)CC(c2ccc(F)cc2)O1. The molecular weight excluding hydrogens is 311 g/mol. The van der Waals surface area contributed by atoms with Crippen LogP contribution in [-0.2, 0) is 14.3 Å². The summed E-state index contributed by atoms with van der Waals surface area (Å²) in [5.41, 5.74) is 0.896. The molecule has 1 aromatic carbocycles. The second kappa shape index (κ2) is 8.05. The Morgan fingerprint density at radius 2 is 2.12 bits per heavy atom. The number of carbonyl (C=O) groups excluding carboxylic acids is 1. The zero-order valence-corrected chi connectivity index (χ0v) is 14.0. The molecule has 1 amide bonds. The summed E-state index contributed by atoms with van der Waals surface area (Å²) in [6.07, 6.45) is 2.13. The third-order valence-corrected chi connectivity index (χ3v) is 4.53. The molecule has 0 aromatic heterocycles. The minimum Gasteiger partial charge on any atom is -0.377 e. The number of nitrogens with one attached hydrogen (secondary N) is 1. The Labute approximate surface area is 142 Å². The van der Waals surface area contributed by atoms with Crippen LogP contribution in [-0.4, -0.2) is 55.8 Å². The molecular formula is C18H25FN2O3. The predicted octanol–water partition coefficient (Wildman–Crippen LogP) is 1.88. The van der Waals surface area contributed by atoms with E-state index < -0.39 is 0 Å². The van der Waals surface area contributed by atoms with Gasteiger partial charge >= 0.3 is 0 Å². The smallest absolute Gasteiger partial charge is 0.236 e. The van der Waals surface area contributed by atoms with E-state index in [9.17, 15) is 9.18 Å². The molecule has 24 heavy (non-hydrogen) atoms. The molecule has 1 N–H and O–H groups in total. The van der Waals surface area contributed by atoms with E-state index >= 15 is 0 Å². The standard InChI is InChI=1S/C18H25FN2O3/c1-13-11-21(18(22)10-20-9-16-3-2-8-23-16)12-17(24-13)14-4-6-15(19)7-5-14/h4-7,13,16-17,20H,2-3,8-12H2,1H3.